The molecule has 1 atom stereocenters. The van der Waals surface area contributed by atoms with Crippen LogP contribution in [0.2, 0.25) is 0 Å². The quantitative estimate of drug-likeness (QED) is 0.838. The van der Waals surface area contributed by atoms with Crippen molar-refractivity contribution in [2.45, 2.75) is 19.4 Å². The predicted molar refractivity (Wildman–Crippen MR) is 61.1 cm³/mol. The normalized spacial score (nSPS) is 13.1. The summed E-state index contributed by atoms with van der Waals surface area (Å²) in [5, 5.41) is 0. The molecular formula is C12H18F2N2. The zero-order chi connectivity index (χ0) is 12.1. The molecule has 0 saturated carbocycles. The van der Waals surface area contributed by atoms with Crippen molar-refractivity contribution in [1.29, 1.82) is 0 Å². The highest BCUT2D eigenvalue weighted by Crippen LogP contribution is 2.20. The molecule has 16 heavy (non-hydrogen) atoms. The third-order valence-corrected chi connectivity index (χ3v) is 2.74. The molecule has 1 aromatic carbocycles. The number of benzene rings is 1. The molecule has 0 bridgehead atoms. The van der Waals surface area contributed by atoms with Gasteiger partial charge in [0.1, 0.15) is 11.6 Å². The molecule has 0 fully saturated rings. The Morgan fingerprint density at radius 2 is 1.81 bits per heavy atom. The zero-order valence-electron chi connectivity index (χ0n) is 9.71. The minimum atomic E-state index is -0.533. The van der Waals surface area contributed by atoms with Crippen molar-refractivity contribution in [1.82, 2.24) is 4.90 Å². The van der Waals surface area contributed by atoms with Gasteiger partial charge in [-0.1, -0.05) is 0 Å². The first-order valence-electron chi connectivity index (χ1n) is 5.41. The smallest absolute Gasteiger partial charge is 0.126 e. The Kier molecular flexibility index (Phi) is 4.83. The summed E-state index contributed by atoms with van der Waals surface area (Å²) in [6, 6.07) is 3.60. The topological polar surface area (TPSA) is 29.3 Å². The maximum Gasteiger partial charge on any atom is 0.126 e. The van der Waals surface area contributed by atoms with E-state index < -0.39 is 11.6 Å². The first-order valence-corrected chi connectivity index (χ1v) is 5.41. The average molecular weight is 228 g/mol. The van der Waals surface area contributed by atoms with Crippen molar-refractivity contribution in [3.8, 4) is 0 Å². The number of hydrogen-bond donors (Lipinski definition) is 1. The van der Waals surface area contributed by atoms with Crippen LogP contribution in [-0.2, 0) is 0 Å². The standard InChI is InChI=1S/C12H18F2N2/c1-9(16(2)5-3-4-15)10-6-11(13)8-12(14)7-10/h6-9H,3-5,15H2,1-2H3. The molecule has 90 valence electrons. The molecule has 0 spiro atoms. The van der Waals surface area contributed by atoms with Gasteiger partial charge < -0.3 is 5.73 Å². The number of nitrogens with zero attached hydrogens (tertiary/aromatic N) is 1. The minimum Gasteiger partial charge on any atom is -0.330 e. The number of rotatable bonds is 5. The van der Waals surface area contributed by atoms with Crippen LogP contribution in [0.3, 0.4) is 0 Å². The molecule has 0 heterocycles. The van der Waals surface area contributed by atoms with Crippen molar-refractivity contribution in [2.24, 2.45) is 5.73 Å². The molecular weight excluding hydrogens is 210 g/mol. The predicted octanol–water partition coefficient (Wildman–Crippen LogP) is 2.31. The van der Waals surface area contributed by atoms with Crippen LogP contribution < -0.4 is 5.73 Å². The van der Waals surface area contributed by atoms with Gasteiger partial charge in [0.15, 0.2) is 0 Å². The zero-order valence-corrected chi connectivity index (χ0v) is 9.71. The first kappa shape index (κ1) is 13.1. The van der Waals surface area contributed by atoms with E-state index in [9.17, 15) is 8.78 Å². The molecule has 0 aliphatic rings. The molecule has 1 rings (SSSR count). The van der Waals surface area contributed by atoms with E-state index in [0.717, 1.165) is 19.0 Å². The van der Waals surface area contributed by atoms with E-state index in [0.29, 0.717) is 12.1 Å². The summed E-state index contributed by atoms with van der Waals surface area (Å²) in [6.07, 6.45) is 0.874. The Hall–Kier alpha value is -1.00. The summed E-state index contributed by atoms with van der Waals surface area (Å²) in [5.41, 5.74) is 6.07. The van der Waals surface area contributed by atoms with Crippen LogP contribution in [0.1, 0.15) is 24.9 Å². The van der Waals surface area contributed by atoms with Gasteiger partial charge in [0.05, 0.1) is 0 Å². The van der Waals surface area contributed by atoms with Crippen LogP contribution in [0.4, 0.5) is 8.78 Å². The van der Waals surface area contributed by atoms with Gasteiger partial charge in [0.25, 0.3) is 0 Å². The fraction of sp³-hybridized carbons (Fsp3) is 0.500. The molecule has 4 heteroatoms. The van der Waals surface area contributed by atoms with E-state index in [2.05, 4.69) is 0 Å². The van der Waals surface area contributed by atoms with Gasteiger partial charge in [0, 0.05) is 12.1 Å². The molecule has 0 radical (unpaired) electrons. The molecule has 0 amide bonds. The van der Waals surface area contributed by atoms with Crippen LogP contribution in [-0.4, -0.2) is 25.0 Å². The Morgan fingerprint density at radius 3 is 2.31 bits per heavy atom. The van der Waals surface area contributed by atoms with Crippen molar-refractivity contribution in [2.75, 3.05) is 20.1 Å². The van der Waals surface area contributed by atoms with Crippen LogP contribution >= 0.6 is 0 Å². The maximum atomic E-state index is 13.0. The Morgan fingerprint density at radius 1 is 1.25 bits per heavy atom. The Bertz CT molecular complexity index is 322. The summed E-state index contributed by atoms with van der Waals surface area (Å²) in [5.74, 6) is -1.07. The summed E-state index contributed by atoms with van der Waals surface area (Å²) in [7, 11) is 1.92. The third-order valence-electron chi connectivity index (χ3n) is 2.74. The highest BCUT2D eigenvalue weighted by atomic mass is 19.1. The lowest BCUT2D eigenvalue weighted by atomic mass is 10.1. The van der Waals surface area contributed by atoms with E-state index in [4.69, 9.17) is 5.73 Å². The van der Waals surface area contributed by atoms with Gasteiger partial charge in [-0.15, -0.1) is 0 Å². The van der Waals surface area contributed by atoms with Crippen LogP contribution in [0.25, 0.3) is 0 Å². The lowest BCUT2D eigenvalue weighted by molar-refractivity contribution is 0.259. The summed E-state index contributed by atoms with van der Waals surface area (Å²) in [4.78, 5) is 2.03. The molecule has 1 unspecified atom stereocenters. The van der Waals surface area contributed by atoms with Crippen LogP contribution in [0, 0.1) is 11.6 Å². The SMILES string of the molecule is CC(c1cc(F)cc(F)c1)N(C)CCCN. The highest BCUT2D eigenvalue weighted by molar-refractivity contribution is 5.20. The van der Waals surface area contributed by atoms with E-state index in [1.54, 1.807) is 0 Å². The highest BCUT2D eigenvalue weighted by Gasteiger charge is 2.13. The first-order chi connectivity index (χ1) is 7.54. The fourth-order valence-electron chi connectivity index (χ4n) is 1.61. The van der Waals surface area contributed by atoms with E-state index >= 15 is 0 Å². The van der Waals surface area contributed by atoms with Gasteiger partial charge in [-0.05, 0) is 51.2 Å². The minimum absolute atomic E-state index is 0.0169. The second-order valence-electron chi connectivity index (χ2n) is 4.00. The van der Waals surface area contributed by atoms with Gasteiger partial charge in [0.2, 0.25) is 0 Å². The molecule has 2 N–H and O–H groups in total. The third kappa shape index (κ3) is 3.54. The number of hydrogen-bond acceptors (Lipinski definition) is 2. The number of nitrogens with two attached hydrogens (primary N) is 1. The second kappa shape index (κ2) is 5.92. The second-order valence-corrected chi connectivity index (χ2v) is 4.00. The van der Waals surface area contributed by atoms with Crippen LogP contribution in [0.5, 0.6) is 0 Å². The molecule has 2 nitrogen and oxygen atoms in total. The molecule has 0 saturated heterocycles. The summed E-state index contributed by atoms with van der Waals surface area (Å²) < 4.78 is 26.1. The summed E-state index contributed by atoms with van der Waals surface area (Å²) in [6.45, 7) is 3.36. The molecule has 0 aliphatic carbocycles. The van der Waals surface area contributed by atoms with Gasteiger partial charge in [-0.3, -0.25) is 4.90 Å². The molecule has 0 aliphatic heterocycles. The van der Waals surface area contributed by atoms with Crippen molar-refractivity contribution >= 4 is 0 Å². The van der Waals surface area contributed by atoms with Gasteiger partial charge in [-0.25, -0.2) is 8.78 Å². The Labute approximate surface area is 95.1 Å². The van der Waals surface area contributed by atoms with Crippen molar-refractivity contribution < 1.29 is 8.78 Å². The summed E-state index contributed by atoms with van der Waals surface area (Å²) >= 11 is 0. The van der Waals surface area contributed by atoms with E-state index in [-0.39, 0.29) is 6.04 Å². The van der Waals surface area contributed by atoms with Crippen molar-refractivity contribution in [3.63, 3.8) is 0 Å². The molecule has 1 aromatic rings. The maximum absolute atomic E-state index is 13.0. The van der Waals surface area contributed by atoms with E-state index in [1.807, 2.05) is 18.9 Å². The average Bonchev–Trinajstić information content (AvgIpc) is 2.23. The monoisotopic (exact) mass is 228 g/mol. The van der Waals surface area contributed by atoms with Gasteiger partial charge >= 0.3 is 0 Å². The largest absolute Gasteiger partial charge is 0.330 e. The Balaban J connectivity index is 2.74. The van der Waals surface area contributed by atoms with E-state index in [1.165, 1.54) is 12.1 Å². The van der Waals surface area contributed by atoms with Crippen LogP contribution in [0.15, 0.2) is 18.2 Å². The lowest BCUT2D eigenvalue weighted by Gasteiger charge is -2.24. The fourth-order valence-corrected chi connectivity index (χ4v) is 1.61. The number of halogens is 2. The lowest BCUT2D eigenvalue weighted by Crippen LogP contribution is -2.25. The van der Waals surface area contributed by atoms with Crippen molar-refractivity contribution in [3.05, 3.63) is 35.4 Å². The van der Waals surface area contributed by atoms with Gasteiger partial charge in [-0.2, -0.15) is 0 Å². The molecule has 0 aromatic heterocycles.